The van der Waals surface area contributed by atoms with E-state index in [0.717, 1.165) is 17.8 Å². The number of hydrogen-bond acceptors (Lipinski definition) is 3. The van der Waals surface area contributed by atoms with E-state index in [4.69, 9.17) is 0 Å². The van der Waals surface area contributed by atoms with Crippen LogP contribution in [0.4, 0.5) is 0 Å². The fourth-order valence-corrected chi connectivity index (χ4v) is 1.52. The van der Waals surface area contributed by atoms with Crippen LogP contribution >= 0.6 is 0 Å². The SMILES string of the molecule is CN(C)Cc1ccc(-c2c[c]cnc2)nc1. The molecular formula is C13H14N3. The van der Waals surface area contributed by atoms with Crippen LogP contribution in [-0.2, 0) is 6.54 Å². The molecule has 0 atom stereocenters. The van der Waals surface area contributed by atoms with Crippen LogP contribution in [0.5, 0.6) is 0 Å². The van der Waals surface area contributed by atoms with Crippen molar-refractivity contribution in [1.29, 1.82) is 0 Å². The number of rotatable bonds is 3. The van der Waals surface area contributed by atoms with Crippen LogP contribution in [0.1, 0.15) is 5.56 Å². The largest absolute Gasteiger partial charge is 0.305 e. The summed E-state index contributed by atoms with van der Waals surface area (Å²) in [5, 5.41) is 0. The fraction of sp³-hybridized carbons (Fsp3) is 0.231. The molecule has 0 aliphatic heterocycles. The van der Waals surface area contributed by atoms with Gasteiger partial charge in [-0.1, -0.05) is 6.07 Å². The topological polar surface area (TPSA) is 29.0 Å². The van der Waals surface area contributed by atoms with Crippen molar-refractivity contribution in [2.45, 2.75) is 6.54 Å². The van der Waals surface area contributed by atoms with E-state index in [1.165, 1.54) is 5.56 Å². The second kappa shape index (κ2) is 4.86. The van der Waals surface area contributed by atoms with Crippen molar-refractivity contribution >= 4 is 0 Å². The molecule has 0 bridgehead atoms. The molecule has 2 aromatic rings. The third-order valence-corrected chi connectivity index (χ3v) is 2.22. The first-order valence-electron chi connectivity index (χ1n) is 5.17. The summed E-state index contributed by atoms with van der Waals surface area (Å²) < 4.78 is 0. The Hall–Kier alpha value is -1.74. The van der Waals surface area contributed by atoms with E-state index >= 15 is 0 Å². The highest BCUT2D eigenvalue weighted by Gasteiger charge is 2.00. The van der Waals surface area contributed by atoms with Gasteiger partial charge in [-0.3, -0.25) is 9.97 Å². The van der Waals surface area contributed by atoms with E-state index in [1.54, 1.807) is 12.4 Å². The lowest BCUT2D eigenvalue weighted by Gasteiger charge is -2.09. The first-order chi connectivity index (χ1) is 7.75. The number of pyridine rings is 2. The summed E-state index contributed by atoms with van der Waals surface area (Å²) in [4.78, 5) is 10.6. The lowest BCUT2D eigenvalue weighted by molar-refractivity contribution is 0.402. The molecule has 0 saturated carbocycles. The number of hydrogen-bond donors (Lipinski definition) is 0. The van der Waals surface area contributed by atoms with Crippen molar-refractivity contribution in [3.8, 4) is 11.3 Å². The van der Waals surface area contributed by atoms with Crippen molar-refractivity contribution in [2.24, 2.45) is 0 Å². The summed E-state index contributed by atoms with van der Waals surface area (Å²) in [6.07, 6.45) is 5.34. The molecule has 0 aliphatic rings. The smallest absolute Gasteiger partial charge is 0.0717 e. The first-order valence-corrected chi connectivity index (χ1v) is 5.17. The van der Waals surface area contributed by atoms with Gasteiger partial charge < -0.3 is 4.90 Å². The lowest BCUT2D eigenvalue weighted by atomic mass is 10.1. The Morgan fingerprint density at radius 3 is 2.69 bits per heavy atom. The van der Waals surface area contributed by atoms with E-state index in [-0.39, 0.29) is 0 Å². The molecule has 0 fully saturated rings. The van der Waals surface area contributed by atoms with Gasteiger partial charge in [-0.25, -0.2) is 0 Å². The van der Waals surface area contributed by atoms with Gasteiger partial charge in [0, 0.05) is 36.8 Å². The monoisotopic (exact) mass is 212 g/mol. The highest BCUT2D eigenvalue weighted by atomic mass is 15.0. The van der Waals surface area contributed by atoms with Gasteiger partial charge in [-0.2, -0.15) is 0 Å². The van der Waals surface area contributed by atoms with Crippen molar-refractivity contribution in [1.82, 2.24) is 14.9 Å². The molecule has 0 saturated heterocycles. The molecule has 0 N–H and O–H groups in total. The van der Waals surface area contributed by atoms with Crippen LogP contribution in [0.2, 0.25) is 0 Å². The Kier molecular flexibility index (Phi) is 3.27. The van der Waals surface area contributed by atoms with Gasteiger partial charge in [-0.05, 0) is 31.8 Å². The molecule has 0 aliphatic carbocycles. The van der Waals surface area contributed by atoms with Gasteiger partial charge in [0.1, 0.15) is 0 Å². The molecule has 3 heteroatoms. The van der Waals surface area contributed by atoms with Gasteiger partial charge in [-0.15, -0.1) is 0 Å². The molecule has 2 aromatic heterocycles. The molecule has 0 amide bonds. The van der Waals surface area contributed by atoms with Gasteiger partial charge >= 0.3 is 0 Å². The third-order valence-electron chi connectivity index (χ3n) is 2.22. The lowest BCUT2D eigenvalue weighted by Crippen LogP contribution is -2.10. The maximum atomic E-state index is 4.42. The third kappa shape index (κ3) is 2.64. The minimum absolute atomic E-state index is 0.909. The maximum Gasteiger partial charge on any atom is 0.0717 e. The maximum absolute atomic E-state index is 4.42. The van der Waals surface area contributed by atoms with Gasteiger partial charge in [0.05, 0.1) is 5.69 Å². The zero-order chi connectivity index (χ0) is 11.4. The Balaban J connectivity index is 2.20. The first kappa shape index (κ1) is 10.8. The zero-order valence-corrected chi connectivity index (χ0v) is 9.51. The highest BCUT2D eigenvalue weighted by molar-refractivity contribution is 5.57. The Morgan fingerprint density at radius 1 is 1.25 bits per heavy atom. The van der Waals surface area contributed by atoms with E-state index in [9.17, 15) is 0 Å². The summed E-state index contributed by atoms with van der Waals surface area (Å²) in [5.74, 6) is 0. The van der Waals surface area contributed by atoms with Crippen LogP contribution in [-0.4, -0.2) is 29.0 Å². The molecule has 0 spiro atoms. The van der Waals surface area contributed by atoms with Gasteiger partial charge in [0.25, 0.3) is 0 Å². The zero-order valence-electron chi connectivity index (χ0n) is 9.51. The van der Waals surface area contributed by atoms with E-state index in [1.807, 2.05) is 32.4 Å². The second-order valence-corrected chi connectivity index (χ2v) is 3.96. The van der Waals surface area contributed by atoms with E-state index in [0.29, 0.717) is 0 Å². The van der Waals surface area contributed by atoms with Crippen LogP contribution < -0.4 is 0 Å². The minimum atomic E-state index is 0.909. The van der Waals surface area contributed by atoms with Crippen LogP contribution in [0.15, 0.2) is 36.8 Å². The predicted molar refractivity (Wildman–Crippen MR) is 63.7 cm³/mol. The van der Waals surface area contributed by atoms with Crippen LogP contribution in [0.25, 0.3) is 11.3 Å². The standard InChI is InChI=1S/C13H14N3/c1-16(2)10-11-5-6-13(15-8-11)12-4-3-7-14-9-12/h4-9H,10H2,1-2H3. The highest BCUT2D eigenvalue weighted by Crippen LogP contribution is 2.15. The van der Waals surface area contributed by atoms with Crippen molar-refractivity contribution in [2.75, 3.05) is 14.1 Å². The average Bonchev–Trinajstić information content (AvgIpc) is 2.30. The molecule has 2 heterocycles. The quantitative estimate of drug-likeness (QED) is 0.779. The van der Waals surface area contributed by atoms with E-state index in [2.05, 4.69) is 27.0 Å². The molecule has 1 radical (unpaired) electrons. The van der Waals surface area contributed by atoms with Crippen molar-refractivity contribution in [3.63, 3.8) is 0 Å². The molecular weight excluding hydrogens is 198 g/mol. The molecule has 81 valence electrons. The Morgan fingerprint density at radius 2 is 2.12 bits per heavy atom. The fourth-order valence-electron chi connectivity index (χ4n) is 1.52. The molecule has 2 rings (SSSR count). The van der Waals surface area contributed by atoms with Gasteiger partial charge in [0.2, 0.25) is 0 Å². The Labute approximate surface area is 95.8 Å². The average molecular weight is 212 g/mol. The summed E-state index contributed by atoms with van der Waals surface area (Å²) in [6, 6.07) is 8.95. The summed E-state index contributed by atoms with van der Waals surface area (Å²) in [7, 11) is 4.09. The Bertz CT molecular complexity index is 434. The number of aromatic nitrogens is 2. The summed E-state index contributed by atoms with van der Waals surface area (Å²) in [6.45, 7) is 0.909. The van der Waals surface area contributed by atoms with Crippen LogP contribution in [0, 0.1) is 6.07 Å². The normalized spacial score (nSPS) is 10.7. The van der Waals surface area contributed by atoms with Gasteiger partial charge in [0.15, 0.2) is 0 Å². The minimum Gasteiger partial charge on any atom is -0.305 e. The van der Waals surface area contributed by atoms with Crippen LogP contribution in [0.3, 0.4) is 0 Å². The molecule has 16 heavy (non-hydrogen) atoms. The summed E-state index contributed by atoms with van der Waals surface area (Å²) in [5.41, 5.74) is 3.15. The molecule has 0 unspecified atom stereocenters. The predicted octanol–water partition coefficient (Wildman–Crippen LogP) is 2.01. The van der Waals surface area contributed by atoms with Crippen molar-refractivity contribution < 1.29 is 0 Å². The summed E-state index contributed by atoms with van der Waals surface area (Å²) >= 11 is 0. The second-order valence-electron chi connectivity index (χ2n) is 3.96. The molecule has 3 nitrogen and oxygen atoms in total. The van der Waals surface area contributed by atoms with Crippen molar-refractivity contribution in [3.05, 3.63) is 48.4 Å². The number of nitrogens with zero attached hydrogens (tertiary/aromatic N) is 3. The molecule has 0 aromatic carbocycles. The van der Waals surface area contributed by atoms with E-state index < -0.39 is 0 Å².